The van der Waals surface area contributed by atoms with Crippen molar-refractivity contribution in [1.82, 2.24) is 9.88 Å². The summed E-state index contributed by atoms with van der Waals surface area (Å²) in [6.45, 7) is 2.67. The maximum atomic E-state index is 12.4. The van der Waals surface area contributed by atoms with Gasteiger partial charge in [-0.2, -0.15) is 0 Å². The summed E-state index contributed by atoms with van der Waals surface area (Å²) < 4.78 is 5.19. The number of unbranched alkanes of at least 4 members (excludes halogenated alkanes) is 1. The molecule has 1 amide bonds. The van der Waals surface area contributed by atoms with E-state index in [0.717, 1.165) is 12.8 Å². The van der Waals surface area contributed by atoms with Gasteiger partial charge in [0, 0.05) is 24.7 Å². The molecule has 116 valence electrons. The second kappa shape index (κ2) is 6.89. The van der Waals surface area contributed by atoms with Crippen LogP contribution < -0.4 is 0 Å². The number of carboxylic acid groups (broad SMARTS) is 1. The summed E-state index contributed by atoms with van der Waals surface area (Å²) in [7, 11) is 1.70. The Labute approximate surface area is 128 Å². The van der Waals surface area contributed by atoms with Crippen molar-refractivity contribution in [2.45, 2.75) is 19.8 Å². The van der Waals surface area contributed by atoms with Gasteiger partial charge in [0.1, 0.15) is 6.26 Å². The number of hydrogen-bond donors (Lipinski definition) is 1. The molecule has 0 bridgehead atoms. The Morgan fingerprint density at radius 2 is 2.00 bits per heavy atom. The monoisotopic (exact) mass is 302 g/mol. The highest BCUT2D eigenvalue weighted by Gasteiger charge is 2.17. The third kappa shape index (κ3) is 3.52. The Balaban J connectivity index is 2.38. The number of oxazole rings is 1. The maximum Gasteiger partial charge on any atom is 0.335 e. The van der Waals surface area contributed by atoms with Gasteiger partial charge in [-0.25, -0.2) is 9.78 Å². The zero-order valence-corrected chi connectivity index (χ0v) is 12.6. The third-order valence-electron chi connectivity index (χ3n) is 3.30. The van der Waals surface area contributed by atoms with E-state index in [2.05, 4.69) is 4.98 Å². The number of carbonyl (C=O) groups excluding carboxylic acids is 1. The molecule has 2 aromatic rings. The standard InChI is InChI=1S/C16H18N2O4/c1-3-4-6-18(2)15(19)12-8-11(14-17-5-7-22-14)9-13(10-12)16(20)21/h5,7-10H,3-4,6H2,1-2H3,(H,20,21). The lowest BCUT2D eigenvalue weighted by Crippen LogP contribution is -2.27. The molecule has 6 heteroatoms. The van der Waals surface area contributed by atoms with Gasteiger partial charge in [0.15, 0.2) is 0 Å². The van der Waals surface area contributed by atoms with Gasteiger partial charge in [-0.15, -0.1) is 0 Å². The molecule has 0 saturated carbocycles. The minimum atomic E-state index is -1.10. The molecule has 0 aliphatic rings. The molecule has 1 aromatic heterocycles. The van der Waals surface area contributed by atoms with Crippen LogP contribution in [0.15, 0.2) is 35.1 Å². The quantitative estimate of drug-likeness (QED) is 0.887. The molecule has 0 aliphatic heterocycles. The lowest BCUT2D eigenvalue weighted by Gasteiger charge is -2.17. The van der Waals surface area contributed by atoms with Gasteiger partial charge >= 0.3 is 5.97 Å². The first-order chi connectivity index (χ1) is 10.5. The van der Waals surface area contributed by atoms with E-state index in [0.29, 0.717) is 17.7 Å². The summed E-state index contributed by atoms with van der Waals surface area (Å²) >= 11 is 0. The summed E-state index contributed by atoms with van der Waals surface area (Å²) in [6.07, 6.45) is 4.75. The zero-order valence-electron chi connectivity index (χ0n) is 12.6. The number of amides is 1. The number of aromatic nitrogens is 1. The lowest BCUT2D eigenvalue weighted by molar-refractivity contribution is 0.0697. The van der Waals surface area contributed by atoms with E-state index < -0.39 is 5.97 Å². The minimum Gasteiger partial charge on any atom is -0.478 e. The molecule has 1 heterocycles. The number of benzene rings is 1. The van der Waals surface area contributed by atoms with Gasteiger partial charge in [0.2, 0.25) is 5.89 Å². The van der Waals surface area contributed by atoms with E-state index in [4.69, 9.17) is 4.42 Å². The largest absolute Gasteiger partial charge is 0.478 e. The smallest absolute Gasteiger partial charge is 0.335 e. The predicted octanol–water partition coefficient (Wildman–Crippen LogP) is 2.91. The number of nitrogens with zero attached hydrogens (tertiary/aromatic N) is 2. The van der Waals surface area contributed by atoms with E-state index in [1.165, 1.54) is 24.6 Å². The highest BCUT2D eigenvalue weighted by molar-refractivity contribution is 5.99. The van der Waals surface area contributed by atoms with Crippen molar-refractivity contribution >= 4 is 11.9 Å². The minimum absolute atomic E-state index is 0.0305. The fourth-order valence-electron chi connectivity index (χ4n) is 2.08. The molecule has 0 radical (unpaired) electrons. The Morgan fingerprint density at radius 1 is 1.27 bits per heavy atom. The molecule has 6 nitrogen and oxygen atoms in total. The van der Waals surface area contributed by atoms with E-state index in [9.17, 15) is 14.7 Å². The Kier molecular flexibility index (Phi) is 4.93. The molecule has 0 atom stereocenters. The van der Waals surface area contributed by atoms with Crippen molar-refractivity contribution in [3.63, 3.8) is 0 Å². The highest BCUT2D eigenvalue weighted by Crippen LogP contribution is 2.22. The fourth-order valence-corrected chi connectivity index (χ4v) is 2.08. The third-order valence-corrected chi connectivity index (χ3v) is 3.30. The first-order valence-electron chi connectivity index (χ1n) is 7.06. The second-order valence-corrected chi connectivity index (χ2v) is 5.02. The van der Waals surface area contributed by atoms with Crippen LogP contribution in [0.25, 0.3) is 11.5 Å². The molecule has 22 heavy (non-hydrogen) atoms. The van der Waals surface area contributed by atoms with Crippen molar-refractivity contribution < 1.29 is 19.1 Å². The molecule has 0 unspecified atom stereocenters. The summed E-state index contributed by atoms with van der Waals surface area (Å²) in [5.74, 6) is -1.03. The van der Waals surface area contributed by atoms with Gasteiger partial charge in [0.05, 0.1) is 11.8 Å². The van der Waals surface area contributed by atoms with E-state index in [1.807, 2.05) is 6.92 Å². The number of hydrogen-bond acceptors (Lipinski definition) is 4. The summed E-state index contributed by atoms with van der Waals surface area (Å²) in [6, 6.07) is 4.42. The Morgan fingerprint density at radius 3 is 2.59 bits per heavy atom. The van der Waals surface area contributed by atoms with Crippen LogP contribution in [0, 0.1) is 0 Å². The molecule has 0 fully saturated rings. The Bertz CT molecular complexity index is 665. The zero-order chi connectivity index (χ0) is 16.1. The molecule has 1 aromatic carbocycles. The van der Waals surface area contributed by atoms with Crippen LogP contribution in [0.5, 0.6) is 0 Å². The topological polar surface area (TPSA) is 83.6 Å². The van der Waals surface area contributed by atoms with Gasteiger partial charge in [-0.3, -0.25) is 4.79 Å². The summed E-state index contributed by atoms with van der Waals surface area (Å²) in [4.78, 5) is 29.3. The van der Waals surface area contributed by atoms with Crippen LogP contribution in [0.1, 0.15) is 40.5 Å². The number of carbonyl (C=O) groups is 2. The number of carboxylic acids is 1. The van der Waals surface area contributed by atoms with Gasteiger partial charge in [-0.05, 0) is 24.6 Å². The van der Waals surface area contributed by atoms with Crippen LogP contribution in [-0.2, 0) is 0 Å². The average molecular weight is 302 g/mol. The maximum absolute atomic E-state index is 12.4. The van der Waals surface area contributed by atoms with Crippen LogP contribution in [0.2, 0.25) is 0 Å². The number of aromatic carboxylic acids is 1. The van der Waals surface area contributed by atoms with E-state index >= 15 is 0 Å². The van der Waals surface area contributed by atoms with Crippen LogP contribution in [-0.4, -0.2) is 40.5 Å². The highest BCUT2D eigenvalue weighted by atomic mass is 16.4. The predicted molar refractivity (Wildman–Crippen MR) is 80.8 cm³/mol. The van der Waals surface area contributed by atoms with E-state index in [1.54, 1.807) is 18.0 Å². The fraction of sp³-hybridized carbons (Fsp3) is 0.312. The second-order valence-electron chi connectivity index (χ2n) is 5.02. The summed E-state index contributed by atoms with van der Waals surface area (Å²) in [5, 5.41) is 9.22. The lowest BCUT2D eigenvalue weighted by atomic mass is 10.0. The Hall–Kier alpha value is -2.63. The van der Waals surface area contributed by atoms with Crippen molar-refractivity contribution in [1.29, 1.82) is 0 Å². The van der Waals surface area contributed by atoms with E-state index in [-0.39, 0.29) is 17.4 Å². The van der Waals surface area contributed by atoms with Crippen LogP contribution in [0.4, 0.5) is 0 Å². The molecule has 0 aliphatic carbocycles. The first kappa shape index (κ1) is 15.8. The van der Waals surface area contributed by atoms with Crippen LogP contribution in [0.3, 0.4) is 0 Å². The normalized spacial score (nSPS) is 10.5. The van der Waals surface area contributed by atoms with Crippen LogP contribution >= 0.6 is 0 Å². The molecular weight excluding hydrogens is 284 g/mol. The van der Waals surface area contributed by atoms with Crippen molar-refractivity contribution in [3.8, 4) is 11.5 Å². The average Bonchev–Trinajstić information content (AvgIpc) is 3.05. The molecular formula is C16H18N2O4. The molecule has 0 spiro atoms. The van der Waals surface area contributed by atoms with Gasteiger partial charge < -0.3 is 14.4 Å². The molecule has 1 N–H and O–H groups in total. The SMILES string of the molecule is CCCCN(C)C(=O)c1cc(C(=O)O)cc(-c2ncco2)c1. The van der Waals surface area contributed by atoms with Crippen molar-refractivity contribution in [2.75, 3.05) is 13.6 Å². The van der Waals surface area contributed by atoms with Crippen molar-refractivity contribution in [2.24, 2.45) is 0 Å². The summed E-state index contributed by atoms with van der Waals surface area (Å²) in [5.41, 5.74) is 0.812. The number of rotatable bonds is 6. The molecule has 0 saturated heterocycles. The first-order valence-corrected chi connectivity index (χ1v) is 7.06. The van der Waals surface area contributed by atoms with Crippen molar-refractivity contribution in [3.05, 3.63) is 41.8 Å². The van der Waals surface area contributed by atoms with Gasteiger partial charge in [-0.1, -0.05) is 13.3 Å². The van der Waals surface area contributed by atoms with Gasteiger partial charge in [0.25, 0.3) is 5.91 Å². The molecule has 2 rings (SSSR count).